The van der Waals surface area contributed by atoms with Crippen molar-refractivity contribution < 1.29 is 4.79 Å². The van der Waals surface area contributed by atoms with Gasteiger partial charge in [0.15, 0.2) is 0 Å². The standard InChI is InChI=1S/C15H18N2O/c1-11-4-5-12(2)14(8-11)16-15(18)9-13-6-7-17(3)10-13/h4-8,10H,9H2,1-3H3,(H,16,18). The van der Waals surface area contributed by atoms with Gasteiger partial charge in [-0.05, 0) is 42.7 Å². The van der Waals surface area contributed by atoms with E-state index in [1.54, 1.807) is 0 Å². The molecule has 0 saturated heterocycles. The first-order valence-electron chi connectivity index (χ1n) is 6.02. The number of anilines is 1. The number of carbonyl (C=O) groups is 1. The molecule has 0 atom stereocenters. The van der Waals surface area contributed by atoms with E-state index in [1.807, 2.05) is 62.1 Å². The number of hydrogen-bond acceptors (Lipinski definition) is 1. The van der Waals surface area contributed by atoms with Crippen LogP contribution in [0.15, 0.2) is 36.7 Å². The van der Waals surface area contributed by atoms with E-state index in [0.717, 1.165) is 22.4 Å². The molecule has 0 radical (unpaired) electrons. The van der Waals surface area contributed by atoms with E-state index in [2.05, 4.69) is 5.32 Å². The lowest BCUT2D eigenvalue weighted by molar-refractivity contribution is -0.115. The van der Waals surface area contributed by atoms with E-state index in [0.29, 0.717) is 6.42 Å². The first kappa shape index (κ1) is 12.4. The molecular weight excluding hydrogens is 224 g/mol. The van der Waals surface area contributed by atoms with Crippen LogP contribution in [-0.2, 0) is 18.3 Å². The second kappa shape index (κ2) is 5.08. The maximum Gasteiger partial charge on any atom is 0.228 e. The maximum absolute atomic E-state index is 11.9. The predicted octanol–water partition coefficient (Wildman–Crippen LogP) is 2.82. The molecule has 0 aliphatic heterocycles. The van der Waals surface area contributed by atoms with E-state index in [-0.39, 0.29) is 5.91 Å². The summed E-state index contributed by atoms with van der Waals surface area (Å²) in [5.41, 5.74) is 4.16. The lowest BCUT2D eigenvalue weighted by Crippen LogP contribution is -2.15. The Labute approximate surface area is 107 Å². The van der Waals surface area contributed by atoms with Crippen molar-refractivity contribution in [3.63, 3.8) is 0 Å². The Bertz CT molecular complexity index is 570. The van der Waals surface area contributed by atoms with Crippen molar-refractivity contribution in [2.45, 2.75) is 20.3 Å². The van der Waals surface area contributed by atoms with Gasteiger partial charge < -0.3 is 9.88 Å². The normalized spacial score (nSPS) is 10.4. The van der Waals surface area contributed by atoms with Crippen molar-refractivity contribution in [2.75, 3.05) is 5.32 Å². The average Bonchev–Trinajstić information content (AvgIpc) is 2.69. The number of nitrogens with zero attached hydrogens (tertiary/aromatic N) is 1. The summed E-state index contributed by atoms with van der Waals surface area (Å²) in [6.45, 7) is 4.02. The highest BCUT2D eigenvalue weighted by Gasteiger charge is 2.06. The molecule has 1 amide bonds. The van der Waals surface area contributed by atoms with Gasteiger partial charge in [-0.3, -0.25) is 4.79 Å². The summed E-state index contributed by atoms with van der Waals surface area (Å²) >= 11 is 0. The molecule has 0 fully saturated rings. The third-order valence-electron chi connectivity index (χ3n) is 2.93. The molecule has 1 aromatic carbocycles. The number of carbonyl (C=O) groups excluding carboxylic acids is 1. The van der Waals surface area contributed by atoms with Gasteiger partial charge in [0.25, 0.3) is 0 Å². The van der Waals surface area contributed by atoms with Crippen molar-refractivity contribution in [1.82, 2.24) is 4.57 Å². The van der Waals surface area contributed by atoms with Gasteiger partial charge >= 0.3 is 0 Å². The van der Waals surface area contributed by atoms with E-state index in [4.69, 9.17) is 0 Å². The van der Waals surface area contributed by atoms with Crippen LogP contribution in [0, 0.1) is 13.8 Å². The molecule has 2 aromatic rings. The minimum atomic E-state index is 0.0231. The van der Waals surface area contributed by atoms with Crippen LogP contribution in [0.4, 0.5) is 5.69 Å². The molecule has 0 aliphatic carbocycles. The Balaban J connectivity index is 2.05. The lowest BCUT2D eigenvalue weighted by atomic mass is 10.1. The zero-order valence-electron chi connectivity index (χ0n) is 11.0. The van der Waals surface area contributed by atoms with E-state index in [9.17, 15) is 4.79 Å². The maximum atomic E-state index is 11.9. The summed E-state index contributed by atoms with van der Waals surface area (Å²) < 4.78 is 1.94. The Morgan fingerprint density at radius 2 is 2.06 bits per heavy atom. The van der Waals surface area contributed by atoms with Crippen molar-refractivity contribution in [1.29, 1.82) is 0 Å². The smallest absolute Gasteiger partial charge is 0.228 e. The Hall–Kier alpha value is -2.03. The van der Waals surface area contributed by atoms with E-state index >= 15 is 0 Å². The largest absolute Gasteiger partial charge is 0.357 e. The van der Waals surface area contributed by atoms with Crippen LogP contribution in [-0.4, -0.2) is 10.5 Å². The van der Waals surface area contributed by atoms with Gasteiger partial charge in [0.05, 0.1) is 6.42 Å². The number of amides is 1. The topological polar surface area (TPSA) is 34.0 Å². The molecule has 0 bridgehead atoms. The summed E-state index contributed by atoms with van der Waals surface area (Å²) in [4.78, 5) is 11.9. The number of benzene rings is 1. The zero-order chi connectivity index (χ0) is 13.1. The van der Waals surface area contributed by atoms with Gasteiger partial charge in [-0.15, -0.1) is 0 Å². The quantitative estimate of drug-likeness (QED) is 0.882. The summed E-state index contributed by atoms with van der Waals surface area (Å²) in [5, 5.41) is 2.96. The fourth-order valence-corrected chi connectivity index (χ4v) is 1.92. The number of aromatic nitrogens is 1. The minimum absolute atomic E-state index is 0.0231. The van der Waals surface area contributed by atoms with Crippen LogP contribution < -0.4 is 5.32 Å². The van der Waals surface area contributed by atoms with Gasteiger partial charge in [-0.25, -0.2) is 0 Å². The molecule has 0 unspecified atom stereocenters. The van der Waals surface area contributed by atoms with E-state index < -0.39 is 0 Å². The first-order chi connectivity index (χ1) is 8.54. The van der Waals surface area contributed by atoms with Crippen LogP contribution in [0.25, 0.3) is 0 Å². The number of nitrogens with one attached hydrogen (secondary N) is 1. The molecule has 3 heteroatoms. The van der Waals surface area contributed by atoms with Crippen LogP contribution in [0.5, 0.6) is 0 Å². The van der Waals surface area contributed by atoms with Gasteiger partial charge in [0.2, 0.25) is 5.91 Å². The molecular formula is C15H18N2O. The molecule has 94 valence electrons. The molecule has 0 saturated carbocycles. The highest BCUT2D eigenvalue weighted by Crippen LogP contribution is 2.16. The highest BCUT2D eigenvalue weighted by atomic mass is 16.1. The Morgan fingerprint density at radius 1 is 1.28 bits per heavy atom. The van der Waals surface area contributed by atoms with Crippen molar-refractivity contribution in [2.24, 2.45) is 7.05 Å². The SMILES string of the molecule is Cc1ccc(C)c(NC(=O)Cc2ccn(C)c2)c1. The van der Waals surface area contributed by atoms with E-state index in [1.165, 1.54) is 0 Å². The minimum Gasteiger partial charge on any atom is -0.357 e. The van der Waals surface area contributed by atoms with Crippen molar-refractivity contribution in [3.05, 3.63) is 53.3 Å². The van der Waals surface area contributed by atoms with Gasteiger partial charge in [-0.1, -0.05) is 12.1 Å². The molecule has 1 aromatic heterocycles. The Kier molecular flexibility index (Phi) is 3.51. The molecule has 0 spiro atoms. The third kappa shape index (κ3) is 3.00. The van der Waals surface area contributed by atoms with Crippen LogP contribution >= 0.6 is 0 Å². The summed E-state index contributed by atoms with van der Waals surface area (Å²) in [5.74, 6) is 0.0231. The second-order valence-electron chi connectivity index (χ2n) is 4.73. The molecule has 1 heterocycles. The molecule has 18 heavy (non-hydrogen) atoms. The Morgan fingerprint density at radius 3 is 2.72 bits per heavy atom. The fraction of sp³-hybridized carbons (Fsp3) is 0.267. The summed E-state index contributed by atoms with van der Waals surface area (Å²) in [7, 11) is 1.95. The number of hydrogen-bond donors (Lipinski definition) is 1. The van der Waals surface area contributed by atoms with Gasteiger partial charge in [0.1, 0.15) is 0 Å². The fourth-order valence-electron chi connectivity index (χ4n) is 1.92. The summed E-state index contributed by atoms with van der Waals surface area (Å²) in [6, 6.07) is 8.02. The van der Waals surface area contributed by atoms with Crippen LogP contribution in [0.3, 0.4) is 0 Å². The molecule has 1 N–H and O–H groups in total. The van der Waals surface area contributed by atoms with Crippen LogP contribution in [0.1, 0.15) is 16.7 Å². The molecule has 2 rings (SSSR count). The molecule has 0 aliphatic rings. The monoisotopic (exact) mass is 242 g/mol. The van der Waals surface area contributed by atoms with Crippen molar-refractivity contribution in [3.8, 4) is 0 Å². The number of rotatable bonds is 3. The number of aryl methyl sites for hydroxylation is 3. The second-order valence-corrected chi connectivity index (χ2v) is 4.73. The summed E-state index contributed by atoms with van der Waals surface area (Å²) in [6.07, 6.45) is 4.32. The lowest BCUT2D eigenvalue weighted by Gasteiger charge is -2.08. The predicted molar refractivity (Wildman–Crippen MR) is 73.7 cm³/mol. The van der Waals surface area contributed by atoms with Crippen LogP contribution in [0.2, 0.25) is 0 Å². The first-order valence-corrected chi connectivity index (χ1v) is 6.02. The molecule has 3 nitrogen and oxygen atoms in total. The average molecular weight is 242 g/mol. The van der Waals surface area contributed by atoms with Gasteiger partial charge in [-0.2, -0.15) is 0 Å². The highest BCUT2D eigenvalue weighted by molar-refractivity contribution is 5.93. The van der Waals surface area contributed by atoms with Crippen molar-refractivity contribution >= 4 is 11.6 Å². The zero-order valence-corrected chi connectivity index (χ0v) is 11.0. The third-order valence-corrected chi connectivity index (χ3v) is 2.93. The van der Waals surface area contributed by atoms with Gasteiger partial charge in [0, 0.05) is 25.1 Å².